The molecular formula is C13H19F3N2O. The number of nitrogens with zero attached hydrogens (tertiary/aromatic N) is 2. The highest BCUT2D eigenvalue weighted by Gasteiger charge is 2.42. The predicted molar refractivity (Wildman–Crippen MR) is 66.3 cm³/mol. The zero-order valence-corrected chi connectivity index (χ0v) is 11.8. The molecule has 0 bridgehead atoms. The second kappa shape index (κ2) is 5.35. The van der Waals surface area contributed by atoms with E-state index >= 15 is 0 Å². The average molecular weight is 276 g/mol. The molecule has 19 heavy (non-hydrogen) atoms. The standard InChI is InChI=1S/C13H19F3N2O/c1-7(2)6-8(3)18-10(5)11(9(4)17-18)12(19)13(14,15)16/h7-8H,6H2,1-5H3. The van der Waals surface area contributed by atoms with Gasteiger partial charge in [0.25, 0.3) is 5.78 Å². The molecule has 0 saturated carbocycles. The van der Waals surface area contributed by atoms with Gasteiger partial charge in [-0.15, -0.1) is 0 Å². The van der Waals surface area contributed by atoms with Crippen molar-refractivity contribution in [1.82, 2.24) is 9.78 Å². The second-order valence-corrected chi connectivity index (χ2v) is 5.30. The van der Waals surface area contributed by atoms with Crippen molar-refractivity contribution in [3.63, 3.8) is 0 Å². The van der Waals surface area contributed by atoms with Crippen LogP contribution in [0.15, 0.2) is 0 Å². The first-order chi connectivity index (χ1) is 8.55. The molecule has 0 aromatic carbocycles. The number of Topliss-reactive ketones (excluding diaryl/α,β-unsaturated/α-hetero) is 1. The molecule has 0 saturated heterocycles. The lowest BCUT2D eigenvalue weighted by Crippen LogP contribution is -2.24. The van der Waals surface area contributed by atoms with Crippen LogP contribution in [0, 0.1) is 19.8 Å². The smallest absolute Gasteiger partial charge is 0.284 e. The van der Waals surface area contributed by atoms with Crippen LogP contribution in [0.4, 0.5) is 13.2 Å². The van der Waals surface area contributed by atoms with E-state index in [1.54, 1.807) is 0 Å². The first-order valence-corrected chi connectivity index (χ1v) is 6.23. The van der Waals surface area contributed by atoms with Crippen molar-refractivity contribution in [3.05, 3.63) is 17.0 Å². The van der Waals surface area contributed by atoms with Crippen LogP contribution in [-0.2, 0) is 0 Å². The molecule has 0 radical (unpaired) electrons. The van der Waals surface area contributed by atoms with E-state index in [9.17, 15) is 18.0 Å². The Morgan fingerprint density at radius 1 is 1.26 bits per heavy atom. The van der Waals surface area contributed by atoms with Crippen molar-refractivity contribution in [2.24, 2.45) is 5.92 Å². The molecule has 0 spiro atoms. The Balaban J connectivity index is 3.18. The molecule has 108 valence electrons. The molecule has 0 N–H and O–H groups in total. The van der Waals surface area contributed by atoms with Crippen molar-refractivity contribution in [2.45, 2.75) is 53.3 Å². The Labute approximate surface area is 110 Å². The van der Waals surface area contributed by atoms with Crippen LogP contribution in [0.25, 0.3) is 0 Å². The summed E-state index contributed by atoms with van der Waals surface area (Å²) < 4.78 is 39.1. The minimum absolute atomic E-state index is 0.0338. The minimum atomic E-state index is -4.86. The van der Waals surface area contributed by atoms with E-state index < -0.39 is 12.0 Å². The van der Waals surface area contributed by atoms with E-state index in [-0.39, 0.29) is 23.0 Å². The fourth-order valence-corrected chi connectivity index (χ4v) is 2.34. The monoisotopic (exact) mass is 276 g/mol. The van der Waals surface area contributed by atoms with Crippen molar-refractivity contribution in [3.8, 4) is 0 Å². The highest BCUT2D eigenvalue weighted by molar-refractivity contribution is 6.02. The first-order valence-electron chi connectivity index (χ1n) is 6.23. The van der Waals surface area contributed by atoms with Gasteiger partial charge in [0.2, 0.25) is 0 Å². The highest BCUT2D eigenvalue weighted by atomic mass is 19.4. The van der Waals surface area contributed by atoms with Crippen molar-refractivity contribution in [1.29, 1.82) is 0 Å². The number of aryl methyl sites for hydroxylation is 1. The maximum atomic E-state index is 12.5. The molecule has 0 fully saturated rings. The largest absolute Gasteiger partial charge is 0.455 e. The molecule has 0 aliphatic rings. The van der Waals surface area contributed by atoms with Gasteiger partial charge in [0.1, 0.15) is 0 Å². The summed E-state index contributed by atoms with van der Waals surface area (Å²) in [4.78, 5) is 11.4. The molecule has 1 rings (SSSR count). The van der Waals surface area contributed by atoms with E-state index in [4.69, 9.17) is 0 Å². The summed E-state index contributed by atoms with van der Waals surface area (Å²) in [5.41, 5.74) is 0.103. The van der Waals surface area contributed by atoms with Crippen LogP contribution in [0.1, 0.15) is 55.0 Å². The van der Waals surface area contributed by atoms with Gasteiger partial charge in [0.05, 0.1) is 11.3 Å². The molecule has 1 aromatic heterocycles. The third-order valence-corrected chi connectivity index (χ3v) is 3.04. The molecule has 3 nitrogen and oxygen atoms in total. The number of hydrogen-bond donors (Lipinski definition) is 0. The summed E-state index contributed by atoms with van der Waals surface area (Å²) in [5, 5.41) is 4.09. The second-order valence-electron chi connectivity index (χ2n) is 5.30. The Kier molecular flexibility index (Phi) is 4.43. The van der Waals surface area contributed by atoms with Gasteiger partial charge in [-0.1, -0.05) is 13.8 Å². The van der Waals surface area contributed by atoms with Gasteiger partial charge >= 0.3 is 6.18 Å². The van der Waals surface area contributed by atoms with Gasteiger partial charge in [0.15, 0.2) is 0 Å². The lowest BCUT2D eigenvalue weighted by Gasteiger charge is -2.16. The summed E-state index contributed by atoms with van der Waals surface area (Å²) >= 11 is 0. The summed E-state index contributed by atoms with van der Waals surface area (Å²) in [6.07, 6.45) is -4.06. The molecule has 1 aromatic rings. The molecule has 0 aliphatic heterocycles. The molecule has 1 heterocycles. The highest BCUT2D eigenvalue weighted by Crippen LogP contribution is 2.28. The lowest BCUT2D eigenvalue weighted by molar-refractivity contribution is -0.0886. The van der Waals surface area contributed by atoms with Crippen molar-refractivity contribution >= 4 is 5.78 Å². The van der Waals surface area contributed by atoms with Gasteiger partial charge in [-0.3, -0.25) is 9.48 Å². The van der Waals surface area contributed by atoms with Crippen LogP contribution >= 0.6 is 0 Å². The number of rotatable bonds is 4. The number of ketones is 1. The summed E-state index contributed by atoms with van der Waals surface area (Å²) in [7, 11) is 0. The Bertz CT molecular complexity index is 475. The number of hydrogen-bond acceptors (Lipinski definition) is 2. The summed E-state index contributed by atoms with van der Waals surface area (Å²) in [6, 6.07) is -0.0338. The zero-order chi connectivity index (χ0) is 15.0. The molecule has 1 unspecified atom stereocenters. The number of alkyl halides is 3. The normalized spacial score (nSPS) is 13.9. The quantitative estimate of drug-likeness (QED) is 0.783. The minimum Gasteiger partial charge on any atom is -0.284 e. The topological polar surface area (TPSA) is 34.9 Å². The number of carbonyl (C=O) groups excluding carboxylic acids is 1. The maximum absolute atomic E-state index is 12.5. The molecule has 0 aliphatic carbocycles. The average Bonchev–Trinajstić information content (AvgIpc) is 2.51. The number of carbonyl (C=O) groups is 1. The molecule has 6 heteroatoms. The van der Waals surface area contributed by atoms with Crippen molar-refractivity contribution < 1.29 is 18.0 Å². The Morgan fingerprint density at radius 3 is 2.21 bits per heavy atom. The van der Waals surface area contributed by atoms with E-state index in [1.807, 2.05) is 20.8 Å². The number of aromatic nitrogens is 2. The van der Waals surface area contributed by atoms with Gasteiger partial charge < -0.3 is 0 Å². The molecule has 0 amide bonds. The molecule has 1 atom stereocenters. The number of halogens is 3. The van der Waals surface area contributed by atoms with Crippen LogP contribution < -0.4 is 0 Å². The first kappa shape index (κ1) is 15.7. The van der Waals surface area contributed by atoms with E-state index in [0.717, 1.165) is 6.42 Å². The lowest BCUT2D eigenvalue weighted by atomic mass is 10.0. The maximum Gasteiger partial charge on any atom is 0.455 e. The van der Waals surface area contributed by atoms with Gasteiger partial charge in [0, 0.05) is 11.7 Å². The zero-order valence-electron chi connectivity index (χ0n) is 11.8. The third kappa shape index (κ3) is 3.36. The van der Waals surface area contributed by atoms with Gasteiger partial charge in [-0.2, -0.15) is 18.3 Å². The van der Waals surface area contributed by atoms with Crippen LogP contribution in [-0.4, -0.2) is 21.7 Å². The third-order valence-electron chi connectivity index (χ3n) is 3.04. The van der Waals surface area contributed by atoms with Gasteiger partial charge in [-0.05, 0) is 33.1 Å². The summed E-state index contributed by atoms with van der Waals surface area (Å²) in [6.45, 7) is 8.90. The fourth-order valence-electron chi connectivity index (χ4n) is 2.34. The van der Waals surface area contributed by atoms with Crippen LogP contribution in [0.3, 0.4) is 0 Å². The Morgan fingerprint density at radius 2 is 1.79 bits per heavy atom. The predicted octanol–water partition coefficient (Wildman–Crippen LogP) is 3.85. The van der Waals surface area contributed by atoms with E-state index in [0.29, 0.717) is 5.92 Å². The fraction of sp³-hybridized carbons (Fsp3) is 0.692. The Hall–Kier alpha value is -1.33. The summed E-state index contributed by atoms with van der Waals surface area (Å²) in [5.74, 6) is -1.41. The van der Waals surface area contributed by atoms with Crippen LogP contribution in [0.5, 0.6) is 0 Å². The molecular weight excluding hydrogens is 257 g/mol. The van der Waals surface area contributed by atoms with E-state index in [2.05, 4.69) is 5.10 Å². The van der Waals surface area contributed by atoms with Crippen molar-refractivity contribution in [2.75, 3.05) is 0 Å². The SMILES string of the molecule is Cc1nn(C(C)CC(C)C)c(C)c1C(=O)C(F)(F)F. The van der Waals surface area contributed by atoms with Crippen LogP contribution in [0.2, 0.25) is 0 Å². The van der Waals surface area contributed by atoms with Gasteiger partial charge in [-0.25, -0.2) is 0 Å². The van der Waals surface area contributed by atoms with E-state index in [1.165, 1.54) is 18.5 Å².